The van der Waals surface area contributed by atoms with Gasteiger partial charge in [-0.15, -0.1) is 0 Å². The van der Waals surface area contributed by atoms with E-state index in [-0.39, 0.29) is 17.0 Å². The maximum absolute atomic E-state index is 12.3. The molecule has 1 rings (SSSR count). The van der Waals surface area contributed by atoms with Gasteiger partial charge >= 0.3 is 5.97 Å². The van der Waals surface area contributed by atoms with Gasteiger partial charge in [0.1, 0.15) is 6.04 Å². The highest BCUT2D eigenvalue weighted by Crippen LogP contribution is 2.36. The summed E-state index contributed by atoms with van der Waals surface area (Å²) in [4.78, 5) is 23.4. The lowest BCUT2D eigenvalue weighted by Crippen LogP contribution is -2.40. The molecule has 23 heavy (non-hydrogen) atoms. The number of ether oxygens (including phenoxy) is 2. The lowest BCUT2D eigenvalue weighted by Gasteiger charge is -2.15. The van der Waals surface area contributed by atoms with Gasteiger partial charge in [-0.25, -0.2) is 4.79 Å². The van der Waals surface area contributed by atoms with E-state index in [1.807, 2.05) is 0 Å². The summed E-state index contributed by atoms with van der Waals surface area (Å²) in [6, 6.07) is 1.86. The number of carboxylic acid groups (broad SMARTS) is 1. The van der Waals surface area contributed by atoms with Gasteiger partial charge in [0, 0.05) is 5.56 Å². The summed E-state index contributed by atoms with van der Waals surface area (Å²) in [6.45, 7) is 3.97. The van der Waals surface area contributed by atoms with Crippen molar-refractivity contribution in [2.24, 2.45) is 0 Å². The van der Waals surface area contributed by atoms with Crippen molar-refractivity contribution < 1.29 is 24.2 Å². The SMILES string of the molecule is C/C=C/CC(NC(=O)c1cc(Cl)c(OCC)c(OC)c1)C(=O)O. The number of hydrogen-bond acceptors (Lipinski definition) is 4. The molecule has 1 atom stereocenters. The molecule has 7 heteroatoms. The van der Waals surface area contributed by atoms with Gasteiger partial charge in [0.2, 0.25) is 0 Å². The van der Waals surface area contributed by atoms with Gasteiger partial charge in [-0.2, -0.15) is 0 Å². The van der Waals surface area contributed by atoms with E-state index in [1.165, 1.54) is 19.2 Å². The minimum atomic E-state index is -1.11. The first-order chi connectivity index (χ1) is 10.9. The normalized spacial score (nSPS) is 12.0. The number of aliphatic carboxylic acids is 1. The average molecular weight is 342 g/mol. The molecule has 1 amide bonds. The fraction of sp³-hybridized carbons (Fsp3) is 0.375. The van der Waals surface area contributed by atoms with Crippen LogP contribution in [0.4, 0.5) is 0 Å². The Bertz CT molecular complexity index is 600. The monoisotopic (exact) mass is 341 g/mol. The Kier molecular flexibility index (Phi) is 7.41. The van der Waals surface area contributed by atoms with Crippen LogP contribution >= 0.6 is 11.6 Å². The Morgan fingerprint density at radius 2 is 2.13 bits per heavy atom. The van der Waals surface area contributed by atoms with Crippen molar-refractivity contribution >= 4 is 23.5 Å². The molecule has 0 saturated heterocycles. The molecule has 0 radical (unpaired) electrons. The Morgan fingerprint density at radius 1 is 1.43 bits per heavy atom. The van der Waals surface area contributed by atoms with Crippen molar-refractivity contribution in [2.45, 2.75) is 26.3 Å². The highest BCUT2D eigenvalue weighted by Gasteiger charge is 2.21. The van der Waals surface area contributed by atoms with Crippen LogP contribution in [-0.4, -0.2) is 36.7 Å². The van der Waals surface area contributed by atoms with Crippen LogP contribution in [0.15, 0.2) is 24.3 Å². The number of carbonyl (C=O) groups is 2. The van der Waals surface area contributed by atoms with Crippen molar-refractivity contribution in [3.8, 4) is 11.5 Å². The fourth-order valence-electron chi connectivity index (χ4n) is 1.87. The third-order valence-corrected chi connectivity index (χ3v) is 3.27. The number of carboxylic acids is 1. The average Bonchev–Trinajstić information content (AvgIpc) is 2.52. The lowest BCUT2D eigenvalue weighted by molar-refractivity contribution is -0.139. The molecule has 0 bridgehead atoms. The fourth-order valence-corrected chi connectivity index (χ4v) is 2.14. The second-order valence-electron chi connectivity index (χ2n) is 4.59. The second kappa shape index (κ2) is 9.05. The number of carbonyl (C=O) groups excluding carboxylic acids is 1. The number of nitrogens with one attached hydrogen (secondary N) is 1. The van der Waals surface area contributed by atoms with Crippen LogP contribution in [0.1, 0.15) is 30.6 Å². The molecule has 1 aromatic rings. The number of rotatable bonds is 8. The van der Waals surface area contributed by atoms with Crippen molar-refractivity contribution in [2.75, 3.05) is 13.7 Å². The predicted molar refractivity (Wildman–Crippen MR) is 87.5 cm³/mol. The minimum Gasteiger partial charge on any atom is -0.493 e. The van der Waals surface area contributed by atoms with Gasteiger partial charge in [0.25, 0.3) is 5.91 Å². The lowest BCUT2D eigenvalue weighted by atomic mass is 10.1. The summed E-state index contributed by atoms with van der Waals surface area (Å²) in [7, 11) is 1.43. The van der Waals surface area contributed by atoms with Crippen LogP contribution in [0.5, 0.6) is 11.5 Å². The topological polar surface area (TPSA) is 84.9 Å². The third-order valence-electron chi connectivity index (χ3n) is 2.99. The Hall–Kier alpha value is -2.21. The summed E-state index contributed by atoms with van der Waals surface area (Å²) in [5.74, 6) is -1.01. The van der Waals surface area contributed by atoms with Gasteiger partial charge in [-0.05, 0) is 32.4 Å². The number of methoxy groups -OCH3 is 1. The molecule has 2 N–H and O–H groups in total. The molecule has 0 spiro atoms. The van der Waals surface area contributed by atoms with Gasteiger partial charge < -0.3 is 19.9 Å². The summed E-state index contributed by atoms with van der Waals surface area (Å²) in [6.07, 6.45) is 3.59. The summed E-state index contributed by atoms with van der Waals surface area (Å²) >= 11 is 6.11. The number of hydrogen-bond donors (Lipinski definition) is 2. The van der Waals surface area contributed by atoms with Crippen LogP contribution in [-0.2, 0) is 4.79 Å². The zero-order valence-corrected chi connectivity index (χ0v) is 14.0. The van der Waals surface area contributed by atoms with Crippen LogP contribution in [0.25, 0.3) is 0 Å². The molecule has 0 aliphatic carbocycles. The molecular weight excluding hydrogens is 322 g/mol. The first-order valence-corrected chi connectivity index (χ1v) is 7.47. The van der Waals surface area contributed by atoms with Crippen LogP contribution in [0, 0.1) is 0 Å². The van der Waals surface area contributed by atoms with Gasteiger partial charge in [-0.3, -0.25) is 4.79 Å². The van der Waals surface area contributed by atoms with E-state index >= 15 is 0 Å². The number of halogens is 1. The van der Waals surface area contributed by atoms with Gasteiger partial charge in [0.15, 0.2) is 11.5 Å². The van der Waals surface area contributed by atoms with E-state index < -0.39 is 17.9 Å². The summed E-state index contributed by atoms with van der Waals surface area (Å²) < 4.78 is 10.5. The van der Waals surface area contributed by atoms with Crippen molar-refractivity contribution in [3.63, 3.8) is 0 Å². The summed E-state index contributed by atoms with van der Waals surface area (Å²) in [5.41, 5.74) is 0.196. The van der Waals surface area contributed by atoms with E-state index in [0.29, 0.717) is 18.1 Å². The molecule has 0 fully saturated rings. The van der Waals surface area contributed by atoms with Crippen LogP contribution in [0.3, 0.4) is 0 Å². The molecule has 0 aliphatic rings. The molecule has 0 aromatic heterocycles. The smallest absolute Gasteiger partial charge is 0.326 e. The van der Waals surface area contributed by atoms with E-state index in [4.69, 9.17) is 26.2 Å². The summed E-state index contributed by atoms with van der Waals surface area (Å²) in [5, 5.41) is 11.8. The van der Waals surface area contributed by atoms with Crippen molar-refractivity contribution in [3.05, 3.63) is 34.9 Å². The number of amides is 1. The maximum Gasteiger partial charge on any atom is 0.326 e. The number of allylic oxidation sites excluding steroid dienone is 1. The molecule has 0 saturated carbocycles. The zero-order valence-electron chi connectivity index (χ0n) is 13.3. The number of benzene rings is 1. The molecule has 126 valence electrons. The van der Waals surface area contributed by atoms with E-state index in [0.717, 1.165) is 0 Å². The van der Waals surface area contributed by atoms with E-state index in [9.17, 15) is 9.59 Å². The van der Waals surface area contributed by atoms with E-state index in [1.54, 1.807) is 26.0 Å². The highest BCUT2D eigenvalue weighted by molar-refractivity contribution is 6.32. The van der Waals surface area contributed by atoms with Gasteiger partial charge in [-0.1, -0.05) is 23.8 Å². The van der Waals surface area contributed by atoms with Crippen LogP contribution < -0.4 is 14.8 Å². The quantitative estimate of drug-likeness (QED) is 0.710. The molecule has 1 aromatic carbocycles. The van der Waals surface area contributed by atoms with Crippen molar-refractivity contribution in [1.29, 1.82) is 0 Å². The molecular formula is C16H20ClNO5. The third kappa shape index (κ3) is 5.17. The Labute approximate surface area is 140 Å². The zero-order chi connectivity index (χ0) is 17.4. The minimum absolute atomic E-state index is 0.194. The standard InChI is InChI=1S/C16H20ClNO5/c1-4-6-7-12(16(20)21)18-15(19)10-8-11(17)14(23-5-2)13(9-10)22-3/h4,6,8-9,12H,5,7H2,1-3H3,(H,18,19)(H,20,21)/b6-4+. The Balaban J connectivity index is 3.03. The second-order valence-corrected chi connectivity index (χ2v) is 5.00. The highest BCUT2D eigenvalue weighted by atomic mass is 35.5. The Morgan fingerprint density at radius 3 is 2.65 bits per heavy atom. The predicted octanol–water partition coefficient (Wildman–Crippen LogP) is 2.90. The largest absolute Gasteiger partial charge is 0.493 e. The van der Waals surface area contributed by atoms with Crippen molar-refractivity contribution in [1.82, 2.24) is 5.32 Å². The van der Waals surface area contributed by atoms with Crippen LogP contribution in [0.2, 0.25) is 5.02 Å². The van der Waals surface area contributed by atoms with Gasteiger partial charge in [0.05, 0.1) is 18.7 Å². The molecule has 6 nitrogen and oxygen atoms in total. The first kappa shape index (κ1) is 18.8. The molecule has 0 aliphatic heterocycles. The maximum atomic E-state index is 12.3. The molecule has 1 unspecified atom stereocenters. The first-order valence-electron chi connectivity index (χ1n) is 7.09. The van der Waals surface area contributed by atoms with E-state index in [2.05, 4.69) is 5.32 Å². The molecule has 0 heterocycles.